The third-order valence-corrected chi connectivity index (χ3v) is 8.11. The van der Waals surface area contributed by atoms with E-state index >= 15 is 0 Å². The number of halogens is 3. The van der Waals surface area contributed by atoms with Crippen molar-refractivity contribution in [1.29, 1.82) is 0 Å². The smallest absolute Gasteiger partial charge is 0.305 e. The summed E-state index contributed by atoms with van der Waals surface area (Å²) in [7, 11) is 1.45. The van der Waals surface area contributed by atoms with Crippen LogP contribution >= 0.6 is 11.6 Å². The molecule has 0 aliphatic heterocycles. The van der Waals surface area contributed by atoms with Crippen LogP contribution in [0.2, 0.25) is 5.02 Å². The number of benzene rings is 2. The predicted molar refractivity (Wildman–Crippen MR) is 154 cm³/mol. The Balaban J connectivity index is 1.31. The van der Waals surface area contributed by atoms with Crippen LogP contribution in [0.4, 0.5) is 8.78 Å². The quantitative estimate of drug-likeness (QED) is 0.138. The normalized spacial score (nSPS) is 18.2. The molecule has 1 N–H and O–H groups in total. The van der Waals surface area contributed by atoms with Gasteiger partial charge in [0.1, 0.15) is 5.82 Å². The molecule has 8 heteroatoms. The van der Waals surface area contributed by atoms with Crippen LogP contribution in [0, 0.1) is 5.92 Å². The van der Waals surface area contributed by atoms with Gasteiger partial charge in [0.25, 0.3) is 5.92 Å². The van der Waals surface area contributed by atoms with Crippen molar-refractivity contribution in [2.45, 2.75) is 57.3 Å². The Bertz CT molecular complexity index is 1530. The van der Waals surface area contributed by atoms with Gasteiger partial charge in [-0.2, -0.15) is 8.78 Å². The molecule has 0 radical (unpaired) electrons. The van der Waals surface area contributed by atoms with Gasteiger partial charge in [-0.3, -0.25) is 9.78 Å². The number of fused-ring (bicyclic) bond motifs is 1. The maximum atomic E-state index is 14.3. The highest BCUT2D eigenvalue weighted by Gasteiger charge is 2.28. The zero-order chi connectivity index (χ0) is 28.3. The van der Waals surface area contributed by atoms with Crippen LogP contribution < -0.4 is 0 Å². The van der Waals surface area contributed by atoms with Crippen molar-refractivity contribution < 1.29 is 18.3 Å². The number of pyridine rings is 1. The van der Waals surface area contributed by atoms with Crippen LogP contribution in [0.1, 0.15) is 62.5 Å². The lowest BCUT2D eigenvalue weighted by Crippen LogP contribution is -2.09. The number of esters is 1. The Kier molecular flexibility index (Phi) is 8.31. The van der Waals surface area contributed by atoms with E-state index in [4.69, 9.17) is 16.3 Å². The number of imidazole rings is 1. The van der Waals surface area contributed by atoms with Gasteiger partial charge in [-0.25, -0.2) is 4.98 Å². The highest BCUT2D eigenvalue weighted by Crippen LogP contribution is 2.37. The van der Waals surface area contributed by atoms with Gasteiger partial charge in [0.05, 0.1) is 34.4 Å². The fraction of sp³-hybridized carbons (Fsp3) is 0.344. The molecule has 0 saturated heterocycles. The number of alkyl halides is 2. The molecule has 1 saturated carbocycles. The van der Waals surface area contributed by atoms with Gasteiger partial charge in [-0.05, 0) is 74.3 Å². The van der Waals surface area contributed by atoms with E-state index < -0.39 is 5.92 Å². The number of carbonyl (C=O) groups excluding carboxylic acids is 1. The fourth-order valence-corrected chi connectivity index (χ4v) is 5.82. The number of aromatic nitrogens is 3. The summed E-state index contributed by atoms with van der Waals surface area (Å²) in [5, 5.41) is 0.466. The Labute approximate surface area is 237 Å². The van der Waals surface area contributed by atoms with Crippen LogP contribution in [0.3, 0.4) is 0 Å². The molecule has 0 amide bonds. The van der Waals surface area contributed by atoms with Gasteiger partial charge >= 0.3 is 5.97 Å². The maximum Gasteiger partial charge on any atom is 0.305 e. The van der Waals surface area contributed by atoms with E-state index in [1.54, 1.807) is 25.3 Å². The Morgan fingerprint density at radius 2 is 1.93 bits per heavy atom. The molecule has 5 rings (SSSR count). The molecule has 2 unspecified atom stereocenters. The van der Waals surface area contributed by atoms with Crippen LogP contribution in [0.25, 0.3) is 33.7 Å². The Morgan fingerprint density at radius 3 is 2.65 bits per heavy atom. The summed E-state index contributed by atoms with van der Waals surface area (Å²) in [4.78, 5) is 24.0. The van der Waals surface area contributed by atoms with E-state index in [9.17, 15) is 13.6 Å². The number of allylic oxidation sites excluding steroid dienone is 2. The van der Waals surface area contributed by atoms with E-state index in [-0.39, 0.29) is 11.5 Å². The predicted octanol–water partition coefficient (Wildman–Crippen LogP) is 8.84. The summed E-state index contributed by atoms with van der Waals surface area (Å²) in [6, 6.07) is 14.6. The van der Waals surface area contributed by atoms with Gasteiger partial charge in [-0.1, -0.05) is 54.4 Å². The lowest BCUT2D eigenvalue weighted by Gasteiger charge is -2.16. The van der Waals surface area contributed by atoms with Crippen molar-refractivity contribution in [3.8, 4) is 22.6 Å². The minimum absolute atomic E-state index is 0.110. The third-order valence-electron chi connectivity index (χ3n) is 7.80. The van der Waals surface area contributed by atoms with Crippen molar-refractivity contribution in [1.82, 2.24) is 15.0 Å². The summed E-state index contributed by atoms with van der Waals surface area (Å²) in [5.74, 6) is -1.84. The van der Waals surface area contributed by atoms with Crippen molar-refractivity contribution in [3.63, 3.8) is 0 Å². The molecule has 2 aromatic carbocycles. The molecule has 0 spiro atoms. The SMILES string of the molecule is C/C=C/C(F)(F)c1ccc2nc(-c3cnc(-c4ccc(C5CCCC(CC(=O)OC)CC5)cc4)cc3Cl)[nH]c2c1. The molecule has 2 aromatic heterocycles. The molecular formula is C32H32ClF2N3O2. The van der Waals surface area contributed by atoms with Gasteiger partial charge in [0.2, 0.25) is 0 Å². The molecule has 40 heavy (non-hydrogen) atoms. The van der Waals surface area contributed by atoms with Gasteiger partial charge in [0.15, 0.2) is 0 Å². The first-order valence-corrected chi connectivity index (χ1v) is 14.0. The first kappa shape index (κ1) is 28.0. The summed E-state index contributed by atoms with van der Waals surface area (Å²) >= 11 is 6.66. The second kappa shape index (κ2) is 11.9. The number of rotatable bonds is 7. The molecule has 208 valence electrons. The number of ether oxygens (including phenoxy) is 1. The summed E-state index contributed by atoms with van der Waals surface area (Å²) in [6.45, 7) is 1.57. The van der Waals surface area contributed by atoms with Crippen molar-refractivity contribution in [2.24, 2.45) is 5.92 Å². The minimum Gasteiger partial charge on any atom is -0.469 e. The lowest BCUT2D eigenvalue weighted by atomic mass is 9.90. The highest BCUT2D eigenvalue weighted by atomic mass is 35.5. The molecule has 5 nitrogen and oxygen atoms in total. The second-order valence-electron chi connectivity index (χ2n) is 10.5. The number of aromatic amines is 1. The zero-order valence-corrected chi connectivity index (χ0v) is 23.3. The number of hydrogen-bond acceptors (Lipinski definition) is 4. The van der Waals surface area contributed by atoms with Crippen molar-refractivity contribution in [3.05, 3.63) is 83.0 Å². The fourth-order valence-electron chi connectivity index (χ4n) is 5.57. The molecule has 0 bridgehead atoms. The van der Waals surface area contributed by atoms with E-state index in [1.165, 1.54) is 30.9 Å². The summed E-state index contributed by atoms with van der Waals surface area (Å²) < 4.78 is 33.5. The summed E-state index contributed by atoms with van der Waals surface area (Å²) in [5.41, 5.74) is 4.55. The number of carbonyl (C=O) groups is 1. The van der Waals surface area contributed by atoms with E-state index in [0.29, 0.717) is 45.7 Å². The molecule has 2 heterocycles. The van der Waals surface area contributed by atoms with E-state index in [0.717, 1.165) is 49.4 Å². The number of methoxy groups -OCH3 is 1. The average molecular weight is 564 g/mol. The van der Waals surface area contributed by atoms with Crippen LogP contribution in [-0.2, 0) is 15.5 Å². The Hall–Kier alpha value is -3.58. The molecule has 1 fully saturated rings. The van der Waals surface area contributed by atoms with Gasteiger partial charge in [0, 0.05) is 23.7 Å². The minimum atomic E-state index is -3.06. The highest BCUT2D eigenvalue weighted by molar-refractivity contribution is 6.33. The van der Waals surface area contributed by atoms with Crippen molar-refractivity contribution >= 4 is 28.6 Å². The first-order chi connectivity index (χ1) is 19.3. The molecule has 2 atom stereocenters. The largest absolute Gasteiger partial charge is 0.469 e. The summed E-state index contributed by atoms with van der Waals surface area (Å²) in [6.07, 6.45) is 9.75. The standard InChI is InChI=1S/C32H32ClF2N3O2/c1-3-15-32(34,35)24-13-14-27-29(17-24)38-31(37-27)25-19-36-28(18-26(25)33)23-11-9-22(10-12-23)21-6-4-5-20(7-8-21)16-30(39)40-2/h3,9-15,17-21H,4-8,16H2,1-2H3,(H,37,38)/b15-3+. The third kappa shape index (κ3) is 6.09. The number of nitrogens with one attached hydrogen (secondary N) is 1. The molecule has 1 aliphatic rings. The number of nitrogens with zero attached hydrogens (tertiary/aromatic N) is 2. The van der Waals surface area contributed by atoms with Gasteiger partial charge in [-0.15, -0.1) is 0 Å². The number of hydrogen-bond donors (Lipinski definition) is 1. The van der Waals surface area contributed by atoms with Crippen LogP contribution in [0.5, 0.6) is 0 Å². The first-order valence-electron chi connectivity index (χ1n) is 13.6. The van der Waals surface area contributed by atoms with Crippen molar-refractivity contribution in [2.75, 3.05) is 7.11 Å². The Morgan fingerprint density at radius 1 is 1.12 bits per heavy atom. The lowest BCUT2D eigenvalue weighted by molar-refractivity contribution is -0.141. The van der Waals surface area contributed by atoms with E-state index in [1.807, 2.05) is 0 Å². The maximum absolute atomic E-state index is 14.3. The number of H-pyrrole nitrogens is 1. The topological polar surface area (TPSA) is 67.9 Å². The van der Waals surface area contributed by atoms with E-state index in [2.05, 4.69) is 39.2 Å². The molecular weight excluding hydrogens is 532 g/mol. The second-order valence-corrected chi connectivity index (χ2v) is 10.9. The zero-order valence-electron chi connectivity index (χ0n) is 22.6. The molecule has 1 aliphatic carbocycles. The van der Waals surface area contributed by atoms with Crippen LogP contribution in [-0.4, -0.2) is 28.0 Å². The average Bonchev–Trinajstić information content (AvgIpc) is 3.24. The van der Waals surface area contributed by atoms with Gasteiger partial charge < -0.3 is 9.72 Å². The molecule has 4 aromatic rings. The van der Waals surface area contributed by atoms with Crippen LogP contribution in [0.15, 0.2) is 66.9 Å². The monoisotopic (exact) mass is 563 g/mol.